The average Bonchev–Trinajstić information content (AvgIpc) is 3.04. The molecule has 120 valence electrons. The highest BCUT2D eigenvalue weighted by Crippen LogP contribution is 2.27. The summed E-state index contributed by atoms with van der Waals surface area (Å²) >= 11 is 1.30. The number of aromatic nitrogens is 1. The minimum atomic E-state index is -0.446. The lowest BCUT2D eigenvalue weighted by Gasteiger charge is -2.30. The van der Waals surface area contributed by atoms with Crippen LogP contribution >= 0.6 is 11.3 Å². The minimum Gasteiger partial charge on any atom is -0.336 e. The predicted octanol–water partition coefficient (Wildman–Crippen LogP) is 2.28. The Morgan fingerprint density at radius 1 is 1.48 bits per heavy atom. The molecule has 0 aliphatic carbocycles. The number of hydrogen-bond acceptors (Lipinski definition) is 6. The number of nitrogens with zero attached hydrogens (tertiary/aromatic N) is 3. The van der Waals surface area contributed by atoms with Gasteiger partial charge >= 0.3 is 0 Å². The Balaban J connectivity index is 1.81. The normalized spacial score (nSPS) is 18.0. The van der Waals surface area contributed by atoms with Gasteiger partial charge in [-0.3, -0.25) is 14.9 Å². The lowest BCUT2D eigenvalue weighted by Crippen LogP contribution is -2.45. The maximum atomic E-state index is 12.5. The first-order valence-corrected chi connectivity index (χ1v) is 8.18. The molecule has 1 saturated heterocycles. The third kappa shape index (κ3) is 3.38. The number of nitro benzene ring substituents is 1. The van der Waals surface area contributed by atoms with Gasteiger partial charge in [-0.2, -0.15) is 0 Å². The number of non-ortho nitro benzene ring substituents is 1. The van der Waals surface area contributed by atoms with E-state index in [9.17, 15) is 14.9 Å². The molecule has 1 aliphatic heterocycles. The number of piperidine rings is 1. The van der Waals surface area contributed by atoms with E-state index in [1.165, 1.54) is 23.5 Å². The van der Waals surface area contributed by atoms with Gasteiger partial charge in [0.05, 0.1) is 4.92 Å². The van der Waals surface area contributed by atoms with Gasteiger partial charge in [0.1, 0.15) is 10.7 Å². The van der Waals surface area contributed by atoms with E-state index >= 15 is 0 Å². The monoisotopic (exact) mass is 332 g/mol. The van der Waals surface area contributed by atoms with Crippen molar-refractivity contribution in [3.8, 4) is 10.6 Å². The van der Waals surface area contributed by atoms with Crippen molar-refractivity contribution in [2.45, 2.75) is 18.9 Å². The van der Waals surface area contributed by atoms with E-state index in [0.29, 0.717) is 29.4 Å². The molecule has 1 unspecified atom stereocenters. The molecule has 1 amide bonds. The van der Waals surface area contributed by atoms with Crippen LogP contribution < -0.4 is 5.73 Å². The van der Waals surface area contributed by atoms with E-state index in [2.05, 4.69) is 4.98 Å². The van der Waals surface area contributed by atoms with Crippen molar-refractivity contribution in [2.24, 2.45) is 5.73 Å². The van der Waals surface area contributed by atoms with E-state index in [-0.39, 0.29) is 17.6 Å². The second-order valence-corrected chi connectivity index (χ2v) is 6.36. The van der Waals surface area contributed by atoms with Crippen LogP contribution in [0.2, 0.25) is 0 Å². The Morgan fingerprint density at radius 3 is 3.04 bits per heavy atom. The van der Waals surface area contributed by atoms with Crippen LogP contribution in [0.4, 0.5) is 5.69 Å². The zero-order valence-electron chi connectivity index (χ0n) is 12.3. The number of benzene rings is 1. The third-order valence-corrected chi connectivity index (χ3v) is 4.66. The molecule has 8 heteroatoms. The molecule has 1 aromatic heterocycles. The lowest BCUT2D eigenvalue weighted by molar-refractivity contribution is -0.384. The van der Waals surface area contributed by atoms with Crippen molar-refractivity contribution in [3.63, 3.8) is 0 Å². The van der Waals surface area contributed by atoms with Crippen molar-refractivity contribution in [2.75, 3.05) is 13.1 Å². The van der Waals surface area contributed by atoms with Crippen molar-refractivity contribution >= 4 is 22.9 Å². The molecule has 2 heterocycles. The van der Waals surface area contributed by atoms with Crippen LogP contribution in [0.15, 0.2) is 29.6 Å². The largest absolute Gasteiger partial charge is 0.336 e. The Morgan fingerprint density at radius 2 is 2.30 bits per heavy atom. The number of likely N-dealkylation sites (tertiary alicyclic amines) is 1. The number of carbonyl (C=O) groups excluding carboxylic acids is 1. The molecule has 7 nitrogen and oxygen atoms in total. The maximum absolute atomic E-state index is 12.5. The minimum absolute atomic E-state index is 0.00702. The van der Waals surface area contributed by atoms with Crippen LogP contribution in [0.3, 0.4) is 0 Å². The molecule has 0 bridgehead atoms. The summed E-state index contributed by atoms with van der Waals surface area (Å²) in [6.07, 6.45) is 1.83. The molecular weight excluding hydrogens is 316 g/mol. The van der Waals surface area contributed by atoms with Gasteiger partial charge in [0.2, 0.25) is 0 Å². The van der Waals surface area contributed by atoms with Crippen LogP contribution in [-0.4, -0.2) is 39.8 Å². The van der Waals surface area contributed by atoms with E-state index in [0.717, 1.165) is 12.8 Å². The quantitative estimate of drug-likeness (QED) is 0.686. The zero-order valence-corrected chi connectivity index (χ0v) is 13.2. The van der Waals surface area contributed by atoms with Crippen molar-refractivity contribution < 1.29 is 9.72 Å². The predicted molar refractivity (Wildman–Crippen MR) is 87.3 cm³/mol. The molecule has 2 aromatic rings. The number of carbonyl (C=O) groups is 1. The van der Waals surface area contributed by atoms with E-state index < -0.39 is 4.92 Å². The smallest absolute Gasteiger partial charge is 0.273 e. The summed E-state index contributed by atoms with van der Waals surface area (Å²) in [5.41, 5.74) is 6.92. The lowest BCUT2D eigenvalue weighted by atomic mass is 10.1. The number of thiazole rings is 1. The van der Waals surface area contributed by atoms with Crippen molar-refractivity contribution in [3.05, 3.63) is 45.5 Å². The molecule has 2 N–H and O–H groups in total. The summed E-state index contributed by atoms with van der Waals surface area (Å²) < 4.78 is 0. The number of nitro groups is 1. The third-order valence-electron chi connectivity index (χ3n) is 3.77. The van der Waals surface area contributed by atoms with Gasteiger partial charge in [-0.25, -0.2) is 4.98 Å². The maximum Gasteiger partial charge on any atom is 0.273 e. The SMILES string of the molecule is NC1CCCN(C(=O)c2csc(-c3cccc([N+](=O)[O-])c3)n2)C1. The fraction of sp³-hybridized carbons (Fsp3) is 0.333. The second kappa shape index (κ2) is 6.43. The van der Waals surface area contributed by atoms with Crippen molar-refractivity contribution in [1.29, 1.82) is 0 Å². The summed E-state index contributed by atoms with van der Waals surface area (Å²) in [4.78, 5) is 28.9. The molecule has 3 rings (SSSR count). The van der Waals surface area contributed by atoms with Crippen LogP contribution in [0, 0.1) is 10.1 Å². The molecule has 1 aliphatic rings. The van der Waals surface area contributed by atoms with Gasteiger partial charge in [0, 0.05) is 42.2 Å². The highest BCUT2D eigenvalue weighted by Gasteiger charge is 2.24. The fourth-order valence-electron chi connectivity index (χ4n) is 2.61. The highest BCUT2D eigenvalue weighted by atomic mass is 32.1. The van der Waals surface area contributed by atoms with E-state index in [1.54, 1.807) is 22.4 Å². The average molecular weight is 332 g/mol. The molecule has 0 saturated carbocycles. The van der Waals surface area contributed by atoms with Gasteiger partial charge in [-0.05, 0) is 12.8 Å². The van der Waals surface area contributed by atoms with Gasteiger partial charge in [0.25, 0.3) is 11.6 Å². The van der Waals surface area contributed by atoms with Gasteiger partial charge in [-0.15, -0.1) is 11.3 Å². The molecule has 1 aromatic carbocycles. The number of nitrogens with two attached hydrogens (primary N) is 1. The summed E-state index contributed by atoms with van der Waals surface area (Å²) in [6.45, 7) is 1.23. The summed E-state index contributed by atoms with van der Waals surface area (Å²) in [7, 11) is 0. The number of rotatable bonds is 3. The Hall–Kier alpha value is -2.32. The van der Waals surface area contributed by atoms with Crippen molar-refractivity contribution in [1.82, 2.24) is 9.88 Å². The first-order valence-electron chi connectivity index (χ1n) is 7.30. The molecule has 1 atom stereocenters. The standard InChI is InChI=1S/C15H16N4O3S/c16-11-4-2-6-18(8-11)15(20)13-9-23-14(17-13)10-3-1-5-12(7-10)19(21)22/h1,3,5,7,9,11H,2,4,6,8,16H2. The molecule has 1 fully saturated rings. The molecular formula is C15H16N4O3S. The summed E-state index contributed by atoms with van der Waals surface area (Å²) in [5.74, 6) is -0.131. The Bertz CT molecular complexity index is 746. The van der Waals surface area contributed by atoms with Crippen LogP contribution in [0.25, 0.3) is 10.6 Å². The fourth-order valence-corrected chi connectivity index (χ4v) is 3.40. The first kappa shape index (κ1) is 15.6. The first-order chi connectivity index (χ1) is 11.0. The summed E-state index contributed by atoms with van der Waals surface area (Å²) in [5, 5.41) is 13.1. The molecule has 23 heavy (non-hydrogen) atoms. The van der Waals surface area contributed by atoms with Crippen LogP contribution in [0.5, 0.6) is 0 Å². The van der Waals surface area contributed by atoms with Crippen LogP contribution in [0.1, 0.15) is 23.3 Å². The summed E-state index contributed by atoms with van der Waals surface area (Å²) in [6, 6.07) is 6.27. The second-order valence-electron chi connectivity index (χ2n) is 5.50. The van der Waals surface area contributed by atoms with Gasteiger partial charge < -0.3 is 10.6 Å². The van der Waals surface area contributed by atoms with E-state index in [4.69, 9.17) is 5.73 Å². The molecule has 0 radical (unpaired) electrons. The molecule has 0 spiro atoms. The highest BCUT2D eigenvalue weighted by molar-refractivity contribution is 7.13. The Kier molecular flexibility index (Phi) is 4.35. The van der Waals surface area contributed by atoms with E-state index in [1.807, 2.05) is 0 Å². The number of amides is 1. The topological polar surface area (TPSA) is 102 Å². The van der Waals surface area contributed by atoms with Crippen LogP contribution in [-0.2, 0) is 0 Å². The number of hydrogen-bond donors (Lipinski definition) is 1. The Labute approximate surface area is 136 Å². The zero-order chi connectivity index (χ0) is 16.4. The van der Waals surface area contributed by atoms with Gasteiger partial charge in [-0.1, -0.05) is 12.1 Å². The van der Waals surface area contributed by atoms with Gasteiger partial charge in [0.15, 0.2) is 0 Å².